The van der Waals surface area contributed by atoms with E-state index in [1.165, 1.54) is 5.56 Å². The van der Waals surface area contributed by atoms with E-state index in [1.807, 2.05) is 18.5 Å². The van der Waals surface area contributed by atoms with Crippen LogP contribution < -0.4 is 5.32 Å². The zero-order valence-electron chi connectivity index (χ0n) is 10.2. The molecule has 0 aromatic carbocycles. The fourth-order valence-corrected chi connectivity index (χ4v) is 1.67. The van der Waals surface area contributed by atoms with Crippen LogP contribution in [0.25, 0.3) is 0 Å². The average Bonchev–Trinajstić information content (AvgIpc) is 2.68. The zero-order chi connectivity index (χ0) is 12.9. The summed E-state index contributed by atoms with van der Waals surface area (Å²) >= 11 is 0. The third kappa shape index (κ3) is 4.58. The Balaban J connectivity index is 2.33. The van der Waals surface area contributed by atoms with Crippen molar-refractivity contribution in [2.24, 2.45) is 0 Å². The van der Waals surface area contributed by atoms with Gasteiger partial charge in [0.05, 0.1) is 12.5 Å². The molecule has 1 unspecified atom stereocenters. The predicted molar refractivity (Wildman–Crippen MR) is 64.9 cm³/mol. The first-order valence-electron chi connectivity index (χ1n) is 5.65. The second-order valence-corrected chi connectivity index (χ2v) is 4.87. The van der Waals surface area contributed by atoms with Crippen molar-refractivity contribution in [3.05, 3.63) is 24.0 Å². The molecule has 1 heterocycles. The Labute approximate surface area is 101 Å². The first kappa shape index (κ1) is 13.7. The van der Waals surface area contributed by atoms with E-state index < -0.39 is 12.1 Å². The molecule has 1 atom stereocenters. The highest BCUT2D eigenvalue weighted by molar-refractivity contribution is 5.67. The molecule has 0 amide bonds. The van der Waals surface area contributed by atoms with Gasteiger partial charge >= 0.3 is 5.97 Å². The maximum absolute atomic E-state index is 10.4. The van der Waals surface area contributed by atoms with Gasteiger partial charge in [0.2, 0.25) is 0 Å². The molecule has 0 bridgehead atoms. The van der Waals surface area contributed by atoms with E-state index in [1.54, 1.807) is 0 Å². The van der Waals surface area contributed by atoms with Gasteiger partial charge < -0.3 is 20.5 Å². The van der Waals surface area contributed by atoms with E-state index in [2.05, 4.69) is 24.1 Å². The molecule has 0 fully saturated rings. The molecular formula is C12H20N2O3. The number of aromatic nitrogens is 1. The van der Waals surface area contributed by atoms with E-state index in [0.29, 0.717) is 13.1 Å². The van der Waals surface area contributed by atoms with E-state index in [-0.39, 0.29) is 11.8 Å². The maximum Gasteiger partial charge on any atom is 0.306 e. The van der Waals surface area contributed by atoms with Crippen LogP contribution in [-0.2, 0) is 10.2 Å². The molecule has 4 N–H and O–H groups in total. The van der Waals surface area contributed by atoms with Crippen LogP contribution in [0.2, 0.25) is 0 Å². The molecule has 5 nitrogen and oxygen atoms in total. The summed E-state index contributed by atoms with van der Waals surface area (Å²) in [7, 11) is 0. The highest BCUT2D eigenvalue weighted by Crippen LogP contribution is 2.21. The molecule has 0 aliphatic rings. The van der Waals surface area contributed by atoms with Gasteiger partial charge in [-0.15, -0.1) is 0 Å². The third-order valence-corrected chi connectivity index (χ3v) is 2.74. The van der Waals surface area contributed by atoms with Crippen LogP contribution in [0.15, 0.2) is 18.5 Å². The Morgan fingerprint density at radius 1 is 1.59 bits per heavy atom. The molecule has 5 heteroatoms. The lowest BCUT2D eigenvalue weighted by Crippen LogP contribution is -2.37. The van der Waals surface area contributed by atoms with E-state index in [0.717, 1.165) is 0 Å². The van der Waals surface area contributed by atoms with Crippen molar-refractivity contribution >= 4 is 5.97 Å². The second kappa shape index (κ2) is 5.84. The van der Waals surface area contributed by atoms with Crippen molar-refractivity contribution in [1.29, 1.82) is 0 Å². The minimum atomic E-state index is -0.982. The van der Waals surface area contributed by atoms with Crippen LogP contribution >= 0.6 is 0 Å². The Kier molecular flexibility index (Phi) is 4.72. The quantitative estimate of drug-likeness (QED) is 0.565. The Hall–Kier alpha value is -1.33. The number of carboxylic acid groups (broad SMARTS) is 1. The number of aromatic amines is 1. The summed E-state index contributed by atoms with van der Waals surface area (Å²) in [6, 6.07) is 2.01. The number of carbonyl (C=O) groups is 1. The number of aliphatic carboxylic acids is 1. The van der Waals surface area contributed by atoms with Crippen molar-refractivity contribution in [2.75, 3.05) is 13.1 Å². The number of hydrogen-bond donors (Lipinski definition) is 4. The number of H-pyrrole nitrogens is 1. The summed E-state index contributed by atoms with van der Waals surface area (Å²) in [5, 5.41) is 21.0. The summed E-state index contributed by atoms with van der Waals surface area (Å²) in [5.41, 5.74) is 1.13. The second-order valence-electron chi connectivity index (χ2n) is 4.87. The Bertz CT molecular complexity index is 347. The highest BCUT2D eigenvalue weighted by Gasteiger charge is 2.21. The van der Waals surface area contributed by atoms with Crippen LogP contribution in [0, 0.1) is 0 Å². The first-order valence-corrected chi connectivity index (χ1v) is 5.65. The van der Waals surface area contributed by atoms with Crippen LogP contribution in [-0.4, -0.2) is 40.4 Å². The zero-order valence-corrected chi connectivity index (χ0v) is 10.2. The number of carboxylic acids is 1. The molecule has 17 heavy (non-hydrogen) atoms. The number of aliphatic hydroxyl groups excluding tert-OH is 1. The van der Waals surface area contributed by atoms with Gasteiger partial charge in [0.25, 0.3) is 0 Å². The number of rotatable bonds is 7. The minimum absolute atomic E-state index is 0.0526. The largest absolute Gasteiger partial charge is 0.481 e. The molecule has 0 spiro atoms. The van der Waals surface area contributed by atoms with Gasteiger partial charge in [-0.3, -0.25) is 4.79 Å². The Morgan fingerprint density at radius 3 is 2.82 bits per heavy atom. The van der Waals surface area contributed by atoms with Gasteiger partial charge in [-0.25, -0.2) is 0 Å². The van der Waals surface area contributed by atoms with Gasteiger partial charge in [0.1, 0.15) is 0 Å². The standard InChI is InChI=1S/C12H20N2O3/c1-12(2,9-3-4-13-6-9)8-14-7-10(15)5-11(16)17/h3-4,6,10,13-15H,5,7-8H2,1-2H3,(H,16,17). The minimum Gasteiger partial charge on any atom is -0.481 e. The monoisotopic (exact) mass is 240 g/mol. The topological polar surface area (TPSA) is 85.3 Å². The fourth-order valence-electron chi connectivity index (χ4n) is 1.67. The third-order valence-electron chi connectivity index (χ3n) is 2.74. The molecule has 0 aliphatic carbocycles. The molecule has 0 saturated carbocycles. The fraction of sp³-hybridized carbons (Fsp3) is 0.583. The van der Waals surface area contributed by atoms with E-state index in [9.17, 15) is 9.90 Å². The predicted octanol–water partition coefficient (Wildman–Crippen LogP) is 0.717. The van der Waals surface area contributed by atoms with Crippen LogP contribution in [0.4, 0.5) is 0 Å². The molecule has 0 saturated heterocycles. The van der Waals surface area contributed by atoms with Gasteiger partial charge in [0.15, 0.2) is 0 Å². The molecule has 1 aromatic heterocycles. The van der Waals surface area contributed by atoms with Crippen LogP contribution in [0.3, 0.4) is 0 Å². The van der Waals surface area contributed by atoms with Crippen LogP contribution in [0.1, 0.15) is 25.8 Å². The van der Waals surface area contributed by atoms with Crippen molar-refractivity contribution in [2.45, 2.75) is 31.8 Å². The highest BCUT2D eigenvalue weighted by atomic mass is 16.4. The van der Waals surface area contributed by atoms with Crippen LogP contribution in [0.5, 0.6) is 0 Å². The van der Waals surface area contributed by atoms with Gasteiger partial charge in [-0.2, -0.15) is 0 Å². The van der Waals surface area contributed by atoms with E-state index in [4.69, 9.17) is 5.11 Å². The van der Waals surface area contributed by atoms with Crippen molar-refractivity contribution in [3.8, 4) is 0 Å². The van der Waals surface area contributed by atoms with Crippen molar-refractivity contribution < 1.29 is 15.0 Å². The summed E-state index contributed by atoms with van der Waals surface area (Å²) in [4.78, 5) is 13.4. The molecule has 96 valence electrons. The van der Waals surface area contributed by atoms with E-state index >= 15 is 0 Å². The number of nitrogens with one attached hydrogen (secondary N) is 2. The summed E-state index contributed by atoms with van der Waals surface area (Å²) in [6.45, 7) is 5.15. The summed E-state index contributed by atoms with van der Waals surface area (Å²) < 4.78 is 0. The first-order chi connectivity index (χ1) is 7.92. The van der Waals surface area contributed by atoms with Crippen molar-refractivity contribution in [1.82, 2.24) is 10.3 Å². The molecule has 1 rings (SSSR count). The SMILES string of the molecule is CC(C)(CNCC(O)CC(=O)O)c1cc[nH]c1. The molecule has 1 aromatic rings. The maximum atomic E-state index is 10.4. The van der Waals surface area contributed by atoms with Gasteiger partial charge in [-0.05, 0) is 11.6 Å². The van der Waals surface area contributed by atoms with Gasteiger partial charge in [-0.1, -0.05) is 13.8 Å². The lowest BCUT2D eigenvalue weighted by Gasteiger charge is -2.24. The molecular weight excluding hydrogens is 220 g/mol. The average molecular weight is 240 g/mol. The lowest BCUT2D eigenvalue weighted by atomic mass is 9.86. The van der Waals surface area contributed by atoms with Crippen molar-refractivity contribution in [3.63, 3.8) is 0 Å². The Morgan fingerprint density at radius 2 is 2.29 bits per heavy atom. The lowest BCUT2D eigenvalue weighted by molar-refractivity contribution is -0.139. The normalized spacial score (nSPS) is 13.6. The van der Waals surface area contributed by atoms with Gasteiger partial charge in [0, 0.05) is 30.9 Å². The number of aliphatic hydroxyl groups is 1. The summed E-state index contributed by atoms with van der Waals surface area (Å²) in [5.74, 6) is -0.982. The molecule has 0 radical (unpaired) electrons. The molecule has 0 aliphatic heterocycles. The summed E-state index contributed by atoms with van der Waals surface area (Å²) in [6.07, 6.45) is 2.75. The smallest absolute Gasteiger partial charge is 0.306 e. The number of hydrogen-bond acceptors (Lipinski definition) is 3.